The Bertz CT molecular complexity index is 356. The van der Waals surface area contributed by atoms with Gasteiger partial charge in [0.05, 0.1) is 11.5 Å². The van der Waals surface area contributed by atoms with Crippen molar-refractivity contribution in [2.75, 3.05) is 13.1 Å². The van der Waals surface area contributed by atoms with Gasteiger partial charge in [-0.3, -0.25) is 9.69 Å². The van der Waals surface area contributed by atoms with Gasteiger partial charge in [0.25, 0.3) is 0 Å². The van der Waals surface area contributed by atoms with Gasteiger partial charge in [0, 0.05) is 19.1 Å². The van der Waals surface area contributed by atoms with E-state index in [-0.39, 0.29) is 17.3 Å². The first-order valence-corrected chi connectivity index (χ1v) is 7.62. The molecule has 1 aliphatic heterocycles. The molecule has 3 nitrogen and oxygen atoms in total. The second-order valence-electron chi connectivity index (χ2n) is 7.62. The van der Waals surface area contributed by atoms with Crippen molar-refractivity contribution in [2.24, 2.45) is 11.8 Å². The maximum Gasteiger partial charge on any atom is 0.171 e. The zero-order chi connectivity index (χ0) is 14.4. The monoisotopic (exact) mass is 267 g/mol. The molecule has 0 aromatic heterocycles. The van der Waals surface area contributed by atoms with Crippen LogP contribution in [-0.2, 0) is 9.53 Å². The standard InChI is InChI=1S/C16H29NO2/c1-11(2)17(9-12-7-8-12)10-13-14(18)16(5,6)19-15(13,3)4/h11-13H,7-10H2,1-6H3. The van der Waals surface area contributed by atoms with E-state index < -0.39 is 5.60 Å². The maximum atomic E-state index is 12.6. The highest BCUT2D eigenvalue weighted by atomic mass is 16.5. The molecule has 0 aromatic carbocycles. The van der Waals surface area contributed by atoms with E-state index in [4.69, 9.17) is 4.74 Å². The van der Waals surface area contributed by atoms with E-state index >= 15 is 0 Å². The topological polar surface area (TPSA) is 29.5 Å². The minimum atomic E-state index is -0.629. The molecular weight excluding hydrogens is 238 g/mol. The molecule has 3 heteroatoms. The fraction of sp³-hybridized carbons (Fsp3) is 0.938. The summed E-state index contributed by atoms with van der Waals surface area (Å²) in [5.41, 5.74) is -0.979. The van der Waals surface area contributed by atoms with Crippen LogP contribution in [0.2, 0.25) is 0 Å². The summed E-state index contributed by atoms with van der Waals surface area (Å²) < 4.78 is 5.99. The third kappa shape index (κ3) is 3.19. The van der Waals surface area contributed by atoms with Crippen LogP contribution in [0.4, 0.5) is 0 Å². The summed E-state index contributed by atoms with van der Waals surface area (Å²) in [6, 6.07) is 0.493. The molecule has 2 rings (SSSR count). The van der Waals surface area contributed by atoms with Crippen LogP contribution < -0.4 is 0 Å². The second-order valence-corrected chi connectivity index (χ2v) is 7.62. The quantitative estimate of drug-likeness (QED) is 0.767. The number of Topliss-reactive ketones (excluding diaryl/α,β-unsaturated/α-hetero) is 1. The van der Waals surface area contributed by atoms with Crippen molar-refractivity contribution >= 4 is 5.78 Å². The molecule has 0 spiro atoms. The lowest BCUT2D eigenvalue weighted by Crippen LogP contribution is -2.44. The van der Waals surface area contributed by atoms with Gasteiger partial charge in [0.2, 0.25) is 0 Å². The third-order valence-electron chi connectivity index (χ3n) is 4.60. The van der Waals surface area contributed by atoms with Gasteiger partial charge in [-0.2, -0.15) is 0 Å². The summed E-state index contributed by atoms with van der Waals surface area (Å²) in [6.45, 7) is 14.3. The van der Waals surface area contributed by atoms with Crippen molar-refractivity contribution < 1.29 is 9.53 Å². The maximum absolute atomic E-state index is 12.6. The molecule has 2 fully saturated rings. The van der Waals surface area contributed by atoms with E-state index in [1.165, 1.54) is 12.8 Å². The summed E-state index contributed by atoms with van der Waals surface area (Å²) in [7, 11) is 0. The second kappa shape index (κ2) is 4.85. The van der Waals surface area contributed by atoms with Crippen LogP contribution >= 0.6 is 0 Å². The summed E-state index contributed by atoms with van der Waals surface area (Å²) >= 11 is 0. The Balaban J connectivity index is 2.08. The molecule has 1 saturated heterocycles. The zero-order valence-electron chi connectivity index (χ0n) is 13.3. The van der Waals surface area contributed by atoms with E-state index in [1.807, 2.05) is 13.8 Å². The van der Waals surface area contributed by atoms with Crippen molar-refractivity contribution in [1.29, 1.82) is 0 Å². The van der Waals surface area contributed by atoms with Crippen LogP contribution in [-0.4, -0.2) is 41.0 Å². The number of rotatable bonds is 5. The van der Waals surface area contributed by atoms with E-state index in [0.717, 1.165) is 19.0 Å². The lowest BCUT2D eigenvalue weighted by atomic mass is 9.85. The molecule has 0 radical (unpaired) electrons. The number of ether oxygens (including phenoxy) is 1. The molecule has 110 valence electrons. The van der Waals surface area contributed by atoms with Crippen LogP contribution in [0.15, 0.2) is 0 Å². The Morgan fingerprint density at radius 2 is 1.79 bits per heavy atom. The Morgan fingerprint density at radius 3 is 2.16 bits per heavy atom. The van der Waals surface area contributed by atoms with Gasteiger partial charge in [0.1, 0.15) is 5.60 Å². The highest BCUT2D eigenvalue weighted by Gasteiger charge is 2.53. The van der Waals surface area contributed by atoms with Crippen molar-refractivity contribution in [1.82, 2.24) is 4.90 Å². The van der Waals surface area contributed by atoms with Gasteiger partial charge in [-0.1, -0.05) is 0 Å². The number of ketones is 1. The highest BCUT2D eigenvalue weighted by molar-refractivity contribution is 5.91. The summed E-state index contributed by atoms with van der Waals surface area (Å²) in [4.78, 5) is 15.0. The van der Waals surface area contributed by atoms with Gasteiger partial charge in [-0.05, 0) is 60.3 Å². The van der Waals surface area contributed by atoms with Gasteiger partial charge < -0.3 is 4.74 Å². The lowest BCUT2D eigenvalue weighted by Gasteiger charge is -2.33. The Kier molecular flexibility index (Phi) is 3.83. The largest absolute Gasteiger partial charge is 0.361 e. The minimum Gasteiger partial charge on any atom is -0.361 e. The van der Waals surface area contributed by atoms with Crippen LogP contribution in [0.5, 0.6) is 0 Å². The van der Waals surface area contributed by atoms with Crippen LogP contribution in [0.3, 0.4) is 0 Å². The lowest BCUT2D eigenvalue weighted by molar-refractivity contribution is -0.132. The molecule has 0 amide bonds. The Morgan fingerprint density at radius 1 is 1.21 bits per heavy atom. The Labute approximate surface area is 117 Å². The third-order valence-corrected chi connectivity index (χ3v) is 4.60. The molecule has 2 aliphatic rings. The first-order valence-electron chi connectivity index (χ1n) is 7.62. The highest BCUT2D eigenvalue weighted by Crippen LogP contribution is 2.40. The number of carbonyl (C=O) groups is 1. The van der Waals surface area contributed by atoms with Crippen molar-refractivity contribution in [2.45, 2.75) is 71.6 Å². The molecule has 0 N–H and O–H groups in total. The van der Waals surface area contributed by atoms with Gasteiger partial charge in [0.15, 0.2) is 5.78 Å². The molecular formula is C16H29NO2. The average Bonchev–Trinajstić information content (AvgIpc) is 3.01. The van der Waals surface area contributed by atoms with Crippen LogP contribution in [0.25, 0.3) is 0 Å². The molecule has 0 aromatic rings. The number of hydrogen-bond donors (Lipinski definition) is 0. The average molecular weight is 267 g/mol. The van der Waals surface area contributed by atoms with Crippen molar-refractivity contribution in [3.63, 3.8) is 0 Å². The normalized spacial score (nSPS) is 29.5. The van der Waals surface area contributed by atoms with E-state index in [2.05, 4.69) is 32.6 Å². The fourth-order valence-corrected chi connectivity index (χ4v) is 3.18. The Hall–Kier alpha value is -0.410. The van der Waals surface area contributed by atoms with Gasteiger partial charge in [-0.15, -0.1) is 0 Å². The fourth-order valence-electron chi connectivity index (χ4n) is 3.18. The predicted molar refractivity (Wildman–Crippen MR) is 77.2 cm³/mol. The first kappa shape index (κ1) is 15.0. The molecule has 1 atom stereocenters. The number of nitrogens with zero attached hydrogens (tertiary/aromatic N) is 1. The molecule has 19 heavy (non-hydrogen) atoms. The first-order chi connectivity index (χ1) is 8.63. The van der Waals surface area contributed by atoms with E-state index in [9.17, 15) is 4.79 Å². The van der Waals surface area contributed by atoms with Gasteiger partial charge in [-0.25, -0.2) is 0 Å². The van der Waals surface area contributed by atoms with Gasteiger partial charge >= 0.3 is 0 Å². The van der Waals surface area contributed by atoms with Crippen LogP contribution in [0, 0.1) is 11.8 Å². The minimum absolute atomic E-state index is 0.0105. The molecule has 1 unspecified atom stereocenters. The molecule has 1 aliphatic carbocycles. The smallest absolute Gasteiger partial charge is 0.171 e. The zero-order valence-corrected chi connectivity index (χ0v) is 13.3. The van der Waals surface area contributed by atoms with E-state index in [0.29, 0.717) is 6.04 Å². The summed E-state index contributed by atoms with van der Waals surface area (Å²) in [5, 5.41) is 0. The SMILES string of the molecule is CC(C)N(CC1CC1)CC1C(=O)C(C)(C)OC1(C)C. The molecule has 0 bridgehead atoms. The van der Waals surface area contributed by atoms with Crippen molar-refractivity contribution in [3.8, 4) is 0 Å². The molecule has 1 saturated carbocycles. The molecule has 1 heterocycles. The predicted octanol–water partition coefficient (Wildman–Crippen LogP) is 2.88. The number of carbonyl (C=O) groups excluding carboxylic acids is 1. The van der Waals surface area contributed by atoms with E-state index in [1.54, 1.807) is 0 Å². The summed E-state index contributed by atoms with van der Waals surface area (Å²) in [5.74, 6) is 1.11. The van der Waals surface area contributed by atoms with Crippen LogP contribution in [0.1, 0.15) is 54.4 Å². The number of hydrogen-bond acceptors (Lipinski definition) is 3. The summed E-state index contributed by atoms with van der Waals surface area (Å²) in [6.07, 6.45) is 2.71. The van der Waals surface area contributed by atoms with Crippen molar-refractivity contribution in [3.05, 3.63) is 0 Å².